The molecule has 0 radical (unpaired) electrons. The summed E-state index contributed by atoms with van der Waals surface area (Å²) in [7, 11) is 1.62. The summed E-state index contributed by atoms with van der Waals surface area (Å²) in [6, 6.07) is 13.9. The summed E-state index contributed by atoms with van der Waals surface area (Å²) in [4.78, 5) is 29.2. The molecule has 7 heteroatoms. The SMILES string of the molecule is CN=CC[C@H]1OC(COC(=O)c2ccc(C)cc2)[C@@](C)(OC(=O)c2ccc(C)cc2)[C@H]1O. The molecule has 32 heavy (non-hydrogen) atoms. The second kappa shape index (κ2) is 10.1. The van der Waals surface area contributed by atoms with E-state index < -0.39 is 35.9 Å². The molecule has 0 aromatic heterocycles. The first-order valence-electron chi connectivity index (χ1n) is 10.5. The predicted octanol–water partition coefficient (Wildman–Crippen LogP) is 3.29. The molecule has 4 atom stereocenters. The quantitative estimate of drug-likeness (QED) is 0.526. The lowest BCUT2D eigenvalue weighted by atomic mass is 9.91. The van der Waals surface area contributed by atoms with Crippen molar-refractivity contribution in [2.45, 2.75) is 51.1 Å². The van der Waals surface area contributed by atoms with Crippen LogP contribution in [-0.4, -0.2) is 60.8 Å². The minimum Gasteiger partial charge on any atom is -0.459 e. The van der Waals surface area contributed by atoms with Crippen molar-refractivity contribution in [2.75, 3.05) is 13.7 Å². The van der Waals surface area contributed by atoms with Crippen molar-refractivity contribution >= 4 is 18.2 Å². The Morgan fingerprint density at radius 2 is 1.56 bits per heavy atom. The third kappa shape index (κ3) is 5.23. The van der Waals surface area contributed by atoms with Crippen LogP contribution in [0.5, 0.6) is 0 Å². The van der Waals surface area contributed by atoms with Gasteiger partial charge in [-0.2, -0.15) is 0 Å². The molecule has 2 aromatic carbocycles. The maximum absolute atomic E-state index is 12.8. The van der Waals surface area contributed by atoms with Crippen LogP contribution in [-0.2, 0) is 14.2 Å². The lowest BCUT2D eigenvalue weighted by Crippen LogP contribution is -2.51. The van der Waals surface area contributed by atoms with E-state index in [4.69, 9.17) is 14.2 Å². The van der Waals surface area contributed by atoms with E-state index in [9.17, 15) is 14.7 Å². The van der Waals surface area contributed by atoms with E-state index in [1.54, 1.807) is 44.5 Å². The molecule has 1 saturated heterocycles. The van der Waals surface area contributed by atoms with Crippen molar-refractivity contribution in [3.63, 3.8) is 0 Å². The Labute approximate surface area is 188 Å². The highest BCUT2D eigenvalue weighted by molar-refractivity contribution is 5.90. The van der Waals surface area contributed by atoms with Crippen molar-refractivity contribution in [2.24, 2.45) is 4.99 Å². The number of hydrogen-bond acceptors (Lipinski definition) is 7. The van der Waals surface area contributed by atoms with Crippen LogP contribution >= 0.6 is 0 Å². The lowest BCUT2D eigenvalue weighted by Gasteiger charge is -2.32. The molecule has 0 aliphatic carbocycles. The van der Waals surface area contributed by atoms with Crippen LogP contribution in [0.2, 0.25) is 0 Å². The number of aliphatic hydroxyl groups is 1. The number of rotatable bonds is 7. The Bertz CT molecular complexity index is 969. The number of carbonyl (C=O) groups is 2. The number of aliphatic hydroxyl groups excluding tert-OH is 1. The van der Waals surface area contributed by atoms with E-state index in [1.165, 1.54) is 0 Å². The Kier molecular flexibility index (Phi) is 7.43. The number of benzene rings is 2. The van der Waals surface area contributed by atoms with Crippen LogP contribution in [0.1, 0.15) is 45.2 Å². The predicted molar refractivity (Wildman–Crippen MR) is 120 cm³/mol. The maximum atomic E-state index is 12.8. The van der Waals surface area contributed by atoms with Gasteiger partial charge in [0, 0.05) is 19.7 Å². The van der Waals surface area contributed by atoms with Crippen molar-refractivity contribution in [1.82, 2.24) is 0 Å². The summed E-state index contributed by atoms with van der Waals surface area (Å²) in [5.41, 5.74) is 1.39. The molecule has 1 aliphatic rings. The van der Waals surface area contributed by atoms with Crippen molar-refractivity contribution in [3.8, 4) is 0 Å². The highest BCUT2D eigenvalue weighted by Gasteiger charge is 2.56. The molecule has 0 saturated carbocycles. The zero-order chi connectivity index (χ0) is 23.3. The van der Waals surface area contributed by atoms with Crippen LogP contribution in [0.15, 0.2) is 53.5 Å². The van der Waals surface area contributed by atoms with Gasteiger partial charge in [0.2, 0.25) is 0 Å². The summed E-state index contributed by atoms with van der Waals surface area (Å²) in [5.74, 6) is -1.11. The van der Waals surface area contributed by atoms with Gasteiger partial charge in [-0.05, 0) is 45.0 Å². The second-order valence-corrected chi connectivity index (χ2v) is 8.19. The minimum absolute atomic E-state index is 0.179. The third-order valence-corrected chi connectivity index (χ3v) is 5.69. The molecule has 1 unspecified atom stereocenters. The molecular formula is C25H29NO6. The molecule has 7 nitrogen and oxygen atoms in total. The first-order chi connectivity index (χ1) is 15.2. The first kappa shape index (κ1) is 23.6. The summed E-state index contributed by atoms with van der Waals surface area (Å²) < 4.78 is 17.2. The van der Waals surface area contributed by atoms with E-state index in [0.717, 1.165) is 11.1 Å². The molecular weight excluding hydrogens is 410 g/mol. The topological polar surface area (TPSA) is 94.4 Å². The van der Waals surface area contributed by atoms with Gasteiger partial charge >= 0.3 is 11.9 Å². The average molecular weight is 440 g/mol. The zero-order valence-corrected chi connectivity index (χ0v) is 18.8. The molecule has 0 bridgehead atoms. The van der Waals surface area contributed by atoms with E-state index in [0.29, 0.717) is 17.5 Å². The number of nitrogens with zero attached hydrogens (tertiary/aromatic N) is 1. The number of hydrogen-bond donors (Lipinski definition) is 1. The number of esters is 2. The Balaban J connectivity index is 1.77. The Hall–Kier alpha value is -3.03. The Morgan fingerprint density at radius 3 is 2.09 bits per heavy atom. The Morgan fingerprint density at radius 1 is 1.03 bits per heavy atom. The molecule has 0 amide bonds. The van der Waals surface area contributed by atoms with Gasteiger partial charge in [0.15, 0.2) is 5.60 Å². The summed E-state index contributed by atoms with van der Waals surface area (Å²) in [6.45, 7) is 5.26. The summed E-state index contributed by atoms with van der Waals surface area (Å²) in [5, 5.41) is 11.0. The summed E-state index contributed by atoms with van der Waals surface area (Å²) >= 11 is 0. The highest BCUT2D eigenvalue weighted by Crippen LogP contribution is 2.36. The largest absolute Gasteiger partial charge is 0.459 e. The van der Waals surface area contributed by atoms with E-state index in [-0.39, 0.29) is 6.61 Å². The molecule has 1 fully saturated rings. The van der Waals surface area contributed by atoms with Crippen molar-refractivity contribution < 1.29 is 28.9 Å². The van der Waals surface area contributed by atoms with Gasteiger partial charge < -0.3 is 24.3 Å². The van der Waals surface area contributed by atoms with Crippen molar-refractivity contribution in [3.05, 3.63) is 70.8 Å². The fourth-order valence-electron chi connectivity index (χ4n) is 3.58. The van der Waals surface area contributed by atoms with E-state index in [2.05, 4.69) is 4.99 Å². The fourth-order valence-corrected chi connectivity index (χ4v) is 3.58. The third-order valence-electron chi connectivity index (χ3n) is 5.69. The molecule has 3 rings (SSSR count). The molecule has 1 N–H and O–H groups in total. The monoisotopic (exact) mass is 439 g/mol. The zero-order valence-electron chi connectivity index (χ0n) is 18.8. The number of aryl methyl sites for hydroxylation is 2. The molecule has 170 valence electrons. The van der Waals surface area contributed by atoms with Crippen molar-refractivity contribution in [1.29, 1.82) is 0 Å². The summed E-state index contributed by atoms with van der Waals surface area (Å²) in [6.07, 6.45) is -0.679. The highest BCUT2D eigenvalue weighted by atomic mass is 16.6. The van der Waals surface area contributed by atoms with Gasteiger partial charge in [0.25, 0.3) is 0 Å². The lowest BCUT2D eigenvalue weighted by molar-refractivity contribution is -0.0953. The van der Waals surface area contributed by atoms with E-state index >= 15 is 0 Å². The molecule has 1 heterocycles. The normalized spacial score (nSPS) is 25.1. The maximum Gasteiger partial charge on any atom is 0.338 e. The minimum atomic E-state index is -1.41. The van der Waals surface area contributed by atoms with Gasteiger partial charge in [-0.1, -0.05) is 35.4 Å². The fraction of sp³-hybridized carbons (Fsp3) is 0.400. The van der Waals surface area contributed by atoms with Crippen LogP contribution in [0.25, 0.3) is 0 Å². The number of aliphatic imine (C=N–C) groups is 1. The standard InChI is InChI=1S/C25H29NO6/c1-16-5-9-18(10-6-16)23(28)30-15-21-25(3,22(27)20(31-21)13-14-26-4)32-24(29)19-11-7-17(2)8-12-19/h5-12,14,20-22,27H,13,15H2,1-4H3/t20-,21?,22+,25-/m1/s1. The molecule has 0 spiro atoms. The van der Waals surface area contributed by atoms with Gasteiger partial charge in [-0.25, -0.2) is 9.59 Å². The van der Waals surface area contributed by atoms with Crippen LogP contribution in [0, 0.1) is 13.8 Å². The smallest absolute Gasteiger partial charge is 0.338 e. The average Bonchev–Trinajstić information content (AvgIpc) is 3.01. The van der Waals surface area contributed by atoms with Gasteiger partial charge in [0.05, 0.1) is 17.2 Å². The number of carbonyl (C=O) groups excluding carboxylic acids is 2. The van der Waals surface area contributed by atoms with Gasteiger partial charge in [-0.3, -0.25) is 0 Å². The molecule has 2 aromatic rings. The van der Waals surface area contributed by atoms with E-state index in [1.807, 2.05) is 38.1 Å². The van der Waals surface area contributed by atoms with Crippen LogP contribution < -0.4 is 0 Å². The van der Waals surface area contributed by atoms with Gasteiger partial charge in [0.1, 0.15) is 18.8 Å². The molecule has 1 aliphatic heterocycles. The first-order valence-corrected chi connectivity index (χ1v) is 10.5. The number of ether oxygens (including phenoxy) is 3. The van der Waals surface area contributed by atoms with Crippen LogP contribution in [0.3, 0.4) is 0 Å². The second-order valence-electron chi connectivity index (χ2n) is 8.19. The van der Waals surface area contributed by atoms with Crippen LogP contribution in [0.4, 0.5) is 0 Å². The van der Waals surface area contributed by atoms with Gasteiger partial charge in [-0.15, -0.1) is 0 Å².